The van der Waals surface area contributed by atoms with Gasteiger partial charge in [-0.05, 0) is 50.4 Å². The highest BCUT2D eigenvalue weighted by Gasteiger charge is 2.26. The standard InChI is InChI=1S/C18H25N3/c1-13-7-6-10-21(14(13)2)18-11-15(12-19-3)16-8-4-5-9-17(16)20-18/h4-5,8-9,11,13-14,19H,6-7,10,12H2,1-3H3. The van der Waals surface area contributed by atoms with E-state index >= 15 is 0 Å². The Hall–Kier alpha value is -1.61. The minimum atomic E-state index is 0.565. The Morgan fingerprint density at radius 3 is 2.90 bits per heavy atom. The van der Waals surface area contributed by atoms with Gasteiger partial charge in [0.05, 0.1) is 5.52 Å². The molecule has 1 fully saturated rings. The average Bonchev–Trinajstić information content (AvgIpc) is 2.50. The number of hydrogen-bond donors (Lipinski definition) is 1. The van der Waals surface area contributed by atoms with E-state index in [-0.39, 0.29) is 0 Å². The van der Waals surface area contributed by atoms with Gasteiger partial charge < -0.3 is 10.2 Å². The first kappa shape index (κ1) is 14.3. The molecule has 3 heteroatoms. The minimum absolute atomic E-state index is 0.565. The summed E-state index contributed by atoms with van der Waals surface area (Å²) in [7, 11) is 2.00. The summed E-state index contributed by atoms with van der Waals surface area (Å²) in [6, 6.07) is 11.3. The number of para-hydroxylation sites is 1. The number of aromatic nitrogens is 1. The monoisotopic (exact) mass is 283 g/mol. The van der Waals surface area contributed by atoms with E-state index in [1.165, 1.54) is 23.8 Å². The highest BCUT2D eigenvalue weighted by atomic mass is 15.2. The van der Waals surface area contributed by atoms with Gasteiger partial charge >= 0.3 is 0 Å². The summed E-state index contributed by atoms with van der Waals surface area (Å²) in [5, 5.41) is 4.54. The summed E-state index contributed by atoms with van der Waals surface area (Å²) in [6.45, 7) is 6.69. The van der Waals surface area contributed by atoms with Crippen LogP contribution in [0, 0.1) is 5.92 Å². The summed E-state index contributed by atoms with van der Waals surface area (Å²) in [5.74, 6) is 1.87. The summed E-state index contributed by atoms with van der Waals surface area (Å²) in [6.07, 6.45) is 2.59. The molecule has 0 amide bonds. The molecule has 112 valence electrons. The van der Waals surface area contributed by atoms with Crippen LogP contribution in [0.5, 0.6) is 0 Å². The maximum absolute atomic E-state index is 4.92. The zero-order valence-corrected chi connectivity index (χ0v) is 13.3. The summed E-state index contributed by atoms with van der Waals surface area (Å²) >= 11 is 0. The number of nitrogens with zero attached hydrogens (tertiary/aromatic N) is 2. The van der Waals surface area contributed by atoms with Crippen molar-refractivity contribution in [3.63, 3.8) is 0 Å². The van der Waals surface area contributed by atoms with Crippen LogP contribution in [0.15, 0.2) is 30.3 Å². The molecule has 2 atom stereocenters. The molecule has 1 aliphatic heterocycles. The van der Waals surface area contributed by atoms with Gasteiger partial charge in [-0.25, -0.2) is 4.98 Å². The number of nitrogens with one attached hydrogen (secondary N) is 1. The van der Waals surface area contributed by atoms with Crippen molar-refractivity contribution in [2.75, 3.05) is 18.5 Å². The van der Waals surface area contributed by atoms with Crippen molar-refractivity contribution in [1.82, 2.24) is 10.3 Å². The molecule has 1 aromatic carbocycles. The van der Waals surface area contributed by atoms with Gasteiger partial charge in [-0.2, -0.15) is 0 Å². The van der Waals surface area contributed by atoms with E-state index in [0.29, 0.717) is 6.04 Å². The Kier molecular flexibility index (Phi) is 4.11. The van der Waals surface area contributed by atoms with Crippen molar-refractivity contribution < 1.29 is 0 Å². The molecule has 2 unspecified atom stereocenters. The summed E-state index contributed by atoms with van der Waals surface area (Å²) < 4.78 is 0. The second-order valence-corrected chi connectivity index (χ2v) is 6.24. The first-order valence-corrected chi connectivity index (χ1v) is 8.00. The zero-order valence-electron chi connectivity index (χ0n) is 13.3. The number of pyridine rings is 1. The van der Waals surface area contributed by atoms with E-state index in [1.54, 1.807) is 0 Å². The quantitative estimate of drug-likeness (QED) is 0.933. The first-order valence-electron chi connectivity index (χ1n) is 8.00. The highest BCUT2D eigenvalue weighted by molar-refractivity contribution is 5.84. The lowest BCUT2D eigenvalue weighted by Crippen LogP contribution is -2.43. The molecule has 1 aromatic heterocycles. The normalized spacial score (nSPS) is 22.7. The number of hydrogen-bond acceptors (Lipinski definition) is 3. The molecular weight excluding hydrogens is 258 g/mol. The number of fused-ring (bicyclic) bond motifs is 1. The largest absolute Gasteiger partial charge is 0.354 e. The average molecular weight is 283 g/mol. The lowest BCUT2D eigenvalue weighted by molar-refractivity contribution is 0.362. The van der Waals surface area contributed by atoms with Crippen LogP contribution in [0.4, 0.5) is 5.82 Å². The fourth-order valence-electron chi connectivity index (χ4n) is 3.37. The van der Waals surface area contributed by atoms with Gasteiger partial charge in [0.1, 0.15) is 5.82 Å². The van der Waals surface area contributed by atoms with E-state index in [1.807, 2.05) is 7.05 Å². The Morgan fingerprint density at radius 1 is 1.29 bits per heavy atom. The SMILES string of the molecule is CNCc1cc(N2CCCC(C)C2C)nc2ccccc12. The lowest BCUT2D eigenvalue weighted by Gasteiger charge is -2.39. The van der Waals surface area contributed by atoms with Gasteiger partial charge in [-0.1, -0.05) is 25.1 Å². The van der Waals surface area contributed by atoms with Crippen LogP contribution in [0.1, 0.15) is 32.3 Å². The predicted octanol–water partition coefficient (Wildman–Crippen LogP) is 3.58. The molecule has 3 rings (SSSR count). The van der Waals surface area contributed by atoms with Crippen LogP contribution >= 0.6 is 0 Å². The van der Waals surface area contributed by atoms with E-state index in [2.05, 4.69) is 54.4 Å². The Labute approximate surface area is 127 Å². The van der Waals surface area contributed by atoms with Crippen LogP contribution in [-0.4, -0.2) is 24.6 Å². The molecule has 2 heterocycles. The van der Waals surface area contributed by atoms with Crippen molar-refractivity contribution in [3.05, 3.63) is 35.9 Å². The molecule has 1 aliphatic rings. The molecular formula is C18H25N3. The van der Waals surface area contributed by atoms with Crippen molar-refractivity contribution >= 4 is 16.7 Å². The van der Waals surface area contributed by atoms with E-state index in [4.69, 9.17) is 4.98 Å². The minimum Gasteiger partial charge on any atom is -0.354 e. The highest BCUT2D eigenvalue weighted by Crippen LogP contribution is 2.30. The molecule has 3 nitrogen and oxygen atoms in total. The third-order valence-electron chi connectivity index (χ3n) is 4.82. The van der Waals surface area contributed by atoms with Crippen molar-refractivity contribution in [2.24, 2.45) is 5.92 Å². The molecule has 0 aliphatic carbocycles. The lowest BCUT2D eigenvalue weighted by atomic mass is 9.92. The maximum atomic E-state index is 4.92. The van der Waals surface area contributed by atoms with Gasteiger partial charge in [-0.3, -0.25) is 0 Å². The number of piperidine rings is 1. The van der Waals surface area contributed by atoms with Crippen LogP contribution in [0.25, 0.3) is 10.9 Å². The Morgan fingerprint density at radius 2 is 2.10 bits per heavy atom. The smallest absolute Gasteiger partial charge is 0.129 e. The van der Waals surface area contributed by atoms with Crippen LogP contribution < -0.4 is 10.2 Å². The molecule has 0 radical (unpaired) electrons. The summed E-state index contributed by atoms with van der Waals surface area (Å²) in [5.41, 5.74) is 2.44. The van der Waals surface area contributed by atoms with Gasteiger partial charge in [0, 0.05) is 24.5 Å². The van der Waals surface area contributed by atoms with Crippen molar-refractivity contribution in [2.45, 2.75) is 39.3 Å². The molecule has 1 N–H and O–H groups in total. The van der Waals surface area contributed by atoms with Crippen molar-refractivity contribution in [3.8, 4) is 0 Å². The fraction of sp³-hybridized carbons (Fsp3) is 0.500. The van der Waals surface area contributed by atoms with Crippen LogP contribution in [0.2, 0.25) is 0 Å². The topological polar surface area (TPSA) is 28.2 Å². The van der Waals surface area contributed by atoms with Crippen LogP contribution in [0.3, 0.4) is 0 Å². The van der Waals surface area contributed by atoms with E-state index in [9.17, 15) is 0 Å². The van der Waals surface area contributed by atoms with E-state index in [0.717, 1.165) is 30.3 Å². The molecule has 0 bridgehead atoms. The Balaban J connectivity index is 2.06. The van der Waals surface area contributed by atoms with Crippen LogP contribution in [-0.2, 0) is 6.54 Å². The second-order valence-electron chi connectivity index (χ2n) is 6.24. The fourth-order valence-corrected chi connectivity index (χ4v) is 3.37. The Bertz CT molecular complexity index is 623. The third-order valence-corrected chi connectivity index (χ3v) is 4.82. The third kappa shape index (κ3) is 2.75. The van der Waals surface area contributed by atoms with Gasteiger partial charge in [0.25, 0.3) is 0 Å². The van der Waals surface area contributed by atoms with Gasteiger partial charge in [0.2, 0.25) is 0 Å². The molecule has 21 heavy (non-hydrogen) atoms. The van der Waals surface area contributed by atoms with Gasteiger partial charge in [0.15, 0.2) is 0 Å². The maximum Gasteiger partial charge on any atom is 0.129 e. The molecule has 1 saturated heterocycles. The van der Waals surface area contributed by atoms with Crippen molar-refractivity contribution in [1.29, 1.82) is 0 Å². The summed E-state index contributed by atoms with van der Waals surface area (Å²) in [4.78, 5) is 7.41. The molecule has 2 aromatic rings. The van der Waals surface area contributed by atoms with E-state index < -0.39 is 0 Å². The van der Waals surface area contributed by atoms with Gasteiger partial charge in [-0.15, -0.1) is 0 Å². The zero-order chi connectivity index (χ0) is 14.8. The predicted molar refractivity (Wildman–Crippen MR) is 89.7 cm³/mol. The first-order chi connectivity index (χ1) is 10.2. The number of benzene rings is 1. The second kappa shape index (κ2) is 6.02. The molecule has 0 spiro atoms. The number of rotatable bonds is 3. The number of anilines is 1. The molecule has 0 saturated carbocycles.